The number of rotatable bonds is 1. The van der Waals surface area contributed by atoms with Crippen molar-refractivity contribution in [1.29, 1.82) is 0 Å². The molecule has 56 valence electrons. The molecule has 0 saturated heterocycles. The van der Waals surface area contributed by atoms with Gasteiger partial charge < -0.3 is 4.74 Å². The topological polar surface area (TPSA) is 26.3 Å². The van der Waals surface area contributed by atoms with Crippen LogP contribution in [0.2, 0.25) is 0 Å². The molecule has 0 unspecified atom stereocenters. The van der Waals surface area contributed by atoms with E-state index < -0.39 is 0 Å². The molecule has 0 aromatic heterocycles. The molecule has 0 aliphatic heterocycles. The van der Waals surface area contributed by atoms with Gasteiger partial charge in [0, 0.05) is 13.8 Å². The lowest BCUT2D eigenvalue weighted by molar-refractivity contribution is -0.131. The first-order chi connectivity index (χ1) is 5.20. The number of hydrogen-bond acceptors (Lipinski definition) is 2. The molecule has 0 fully saturated rings. The monoisotopic (exact) mass is 148 g/mol. The van der Waals surface area contributed by atoms with E-state index in [1.807, 2.05) is 0 Å². The van der Waals surface area contributed by atoms with Crippen LogP contribution in [-0.4, -0.2) is 5.97 Å². The first-order valence-electron chi connectivity index (χ1n) is 3.23. The average molecular weight is 148 g/mol. The van der Waals surface area contributed by atoms with Gasteiger partial charge in [-0.3, -0.25) is 4.79 Å². The first kappa shape index (κ1) is 7.79. The van der Waals surface area contributed by atoms with E-state index in [1.54, 1.807) is 24.3 Å². The molecular formula is C9H8O2. The van der Waals surface area contributed by atoms with Crippen molar-refractivity contribution in [2.24, 2.45) is 0 Å². The lowest BCUT2D eigenvalue weighted by Crippen LogP contribution is -2.02. The number of benzene rings is 1. The van der Waals surface area contributed by atoms with Gasteiger partial charge in [-0.1, -0.05) is 18.2 Å². The summed E-state index contributed by atoms with van der Waals surface area (Å²) in [7, 11) is 0. The number of para-hydroxylation sites is 1. The Morgan fingerprint density at radius 1 is 1.45 bits per heavy atom. The lowest BCUT2D eigenvalue weighted by atomic mass is 10.2. The predicted molar refractivity (Wildman–Crippen MR) is 41.2 cm³/mol. The Bertz CT molecular complexity index is 266. The molecule has 1 aromatic rings. The fourth-order valence-corrected chi connectivity index (χ4v) is 0.728. The number of hydrogen-bond donors (Lipinski definition) is 0. The van der Waals surface area contributed by atoms with Crippen LogP contribution < -0.4 is 4.74 Å². The van der Waals surface area contributed by atoms with Gasteiger partial charge in [-0.2, -0.15) is 0 Å². The van der Waals surface area contributed by atoms with E-state index in [2.05, 4.69) is 0 Å². The molecule has 2 nitrogen and oxygen atoms in total. The van der Waals surface area contributed by atoms with E-state index in [4.69, 9.17) is 11.7 Å². The zero-order chi connectivity index (χ0) is 8.27. The molecule has 2 radical (unpaired) electrons. The summed E-state index contributed by atoms with van der Waals surface area (Å²) in [6.45, 7) is 6.83. The first-order valence-corrected chi connectivity index (χ1v) is 3.23. The van der Waals surface area contributed by atoms with Gasteiger partial charge in [0.15, 0.2) is 0 Å². The van der Waals surface area contributed by atoms with Gasteiger partial charge in [0.1, 0.15) is 5.75 Å². The molecule has 0 spiro atoms. The highest BCUT2D eigenvalue weighted by Gasteiger charge is 1.99. The van der Waals surface area contributed by atoms with Crippen LogP contribution in [0.25, 0.3) is 0 Å². The zero-order valence-electron chi connectivity index (χ0n) is 6.20. The Balaban J connectivity index is 2.86. The normalized spacial score (nSPS) is 9.27. The highest BCUT2D eigenvalue weighted by molar-refractivity contribution is 5.69. The second-order valence-corrected chi connectivity index (χ2v) is 2.13. The third-order valence-electron chi connectivity index (χ3n) is 1.17. The zero-order valence-corrected chi connectivity index (χ0v) is 6.20. The second-order valence-electron chi connectivity index (χ2n) is 2.13. The van der Waals surface area contributed by atoms with Crippen LogP contribution in [0.3, 0.4) is 0 Å². The summed E-state index contributed by atoms with van der Waals surface area (Å²) in [5.41, 5.74) is 0.475. The van der Waals surface area contributed by atoms with Crippen molar-refractivity contribution in [3.8, 4) is 5.75 Å². The standard InChI is InChI=1S/C9H8O2/c1-7-5-3-4-6-9(7)11-8(2)10/h1,3-6H,2H3. The van der Waals surface area contributed by atoms with Gasteiger partial charge >= 0.3 is 5.97 Å². The third-order valence-corrected chi connectivity index (χ3v) is 1.17. The van der Waals surface area contributed by atoms with Gasteiger partial charge in [0.2, 0.25) is 0 Å². The fourth-order valence-electron chi connectivity index (χ4n) is 0.728. The molecule has 0 amide bonds. The van der Waals surface area contributed by atoms with Crippen LogP contribution in [0, 0.1) is 6.92 Å². The molecule has 1 rings (SSSR count). The van der Waals surface area contributed by atoms with Gasteiger partial charge in [0.25, 0.3) is 0 Å². The van der Waals surface area contributed by atoms with Crippen molar-refractivity contribution in [2.75, 3.05) is 0 Å². The largest absolute Gasteiger partial charge is 0.426 e. The second kappa shape index (κ2) is 3.19. The van der Waals surface area contributed by atoms with Crippen molar-refractivity contribution in [3.63, 3.8) is 0 Å². The Morgan fingerprint density at radius 2 is 2.09 bits per heavy atom. The highest BCUT2D eigenvalue weighted by Crippen LogP contribution is 2.15. The maximum absolute atomic E-state index is 10.5. The minimum absolute atomic E-state index is 0.358. The molecule has 0 bridgehead atoms. The van der Waals surface area contributed by atoms with Gasteiger partial charge in [-0.05, 0) is 11.6 Å². The van der Waals surface area contributed by atoms with Crippen LogP contribution in [0.5, 0.6) is 5.75 Å². The van der Waals surface area contributed by atoms with E-state index in [0.717, 1.165) is 0 Å². The third kappa shape index (κ3) is 2.08. The van der Waals surface area contributed by atoms with Crippen molar-refractivity contribution in [3.05, 3.63) is 36.8 Å². The van der Waals surface area contributed by atoms with Crippen molar-refractivity contribution in [1.82, 2.24) is 0 Å². The number of carbonyl (C=O) groups is 1. The molecule has 0 aliphatic carbocycles. The quantitative estimate of drug-likeness (QED) is 0.447. The fraction of sp³-hybridized carbons (Fsp3) is 0.111. The Morgan fingerprint density at radius 3 is 2.64 bits per heavy atom. The maximum atomic E-state index is 10.5. The van der Waals surface area contributed by atoms with E-state index in [1.165, 1.54) is 6.92 Å². The Hall–Kier alpha value is -1.31. The molecule has 11 heavy (non-hydrogen) atoms. The van der Waals surface area contributed by atoms with E-state index in [-0.39, 0.29) is 5.97 Å². The van der Waals surface area contributed by atoms with E-state index in [0.29, 0.717) is 11.3 Å². The number of carbonyl (C=O) groups excluding carboxylic acids is 1. The SMILES string of the molecule is [CH]c1ccccc1OC(C)=O. The summed E-state index contributed by atoms with van der Waals surface area (Å²) in [6, 6.07) is 6.87. The van der Waals surface area contributed by atoms with Gasteiger partial charge in [-0.25, -0.2) is 0 Å². The smallest absolute Gasteiger partial charge is 0.308 e. The Kier molecular flexibility index (Phi) is 2.26. The molecule has 0 saturated carbocycles. The summed E-state index contributed by atoms with van der Waals surface area (Å²) >= 11 is 0. The predicted octanol–water partition coefficient (Wildman–Crippen LogP) is 1.67. The highest BCUT2D eigenvalue weighted by atomic mass is 16.5. The van der Waals surface area contributed by atoms with Crippen LogP contribution in [0.15, 0.2) is 24.3 Å². The van der Waals surface area contributed by atoms with Gasteiger partial charge in [-0.15, -0.1) is 0 Å². The van der Waals surface area contributed by atoms with Crippen LogP contribution in [0.4, 0.5) is 0 Å². The lowest BCUT2D eigenvalue weighted by Gasteiger charge is -2.02. The number of ether oxygens (including phenoxy) is 1. The summed E-state index contributed by atoms with van der Waals surface area (Å²) < 4.78 is 4.78. The van der Waals surface area contributed by atoms with E-state index in [9.17, 15) is 4.79 Å². The van der Waals surface area contributed by atoms with Gasteiger partial charge in [0.05, 0.1) is 0 Å². The molecule has 1 aromatic carbocycles. The van der Waals surface area contributed by atoms with Crippen LogP contribution in [0.1, 0.15) is 12.5 Å². The van der Waals surface area contributed by atoms with Crippen molar-refractivity contribution < 1.29 is 9.53 Å². The summed E-state index contributed by atoms with van der Waals surface area (Å²) in [5, 5.41) is 0. The van der Waals surface area contributed by atoms with Crippen LogP contribution in [-0.2, 0) is 4.79 Å². The average Bonchev–Trinajstić information content (AvgIpc) is 1.93. The van der Waals surface area contributed by atoms with E-state index >= 15 is 0 Å². The van der Waals surface area contributed by atoms with Crippen LogP contribution >= 0.6 is 0 Å². The molecule has 2 heteroatoms. The van der Waals surface area contributed by atoms with Crippen molar-refractivity contribution in [2.45, 2.75) is 6.92 Å². The molecule has 0 N–H and O–H groups in total. The van der Waals surface area contributed by atoms with Crippen molar-refractivity contribution >= 4 is 5.97 Å². The minimum atomic E-state index is -0.358. The maximum Gasteiger partial charge on any atom is 0.308 e. The summed E-state index contributed by atoms with van der Waals surface area (Å²) in [5.74, 6) is 0.0582. The molecule has 0 heterocycles. The summed E-state index contributed by atoms with van der Waals surface area (Å²) in [4.78, 5) is 10.5. The number of esters is 1. The Labute approximate surface area is 65.8 Å². The molecule has 0 aliphatic rings. The molecule has 0 atom stereocenters. The summed E-state index contributed by atoms with van der Waals surface area (Å²) in [6.07, 6.45) is 0. The molecular weight excluding hydrogens is 140 g/mol. The minimum Gasteiger partial charge on any atom is -0.426 e.